The molecular weight excluding hydrogens is 284 g/mol. The van der Waals surface area contributed by atoms with Crippen molar-refractivity contribution in [2.45, 2.75) is 0 Å². The first kappa shape index (κ1) is 12.7. The molecule has 0 spiro atoms. The summed E-state index contributed by atoms with van der Waals surface area (Å²) in [5.41, 5.74) is 1.79. The van der Waals surface area contributed by atoms with Gasteiger partial charge in [-0.25, -0.2) is 0 Å². The van der Waals surface area contributed by atoms with Gasteiger partial charge in [0, 0.05) is 0 Å². The van der Waals surface area contributed by atoms with Crippen LogP contribution in [0.25, 0.3) is 0 Å². The van der Waals surface area contributed by atoms with E-state index in [1.54, 1.807) is 12.4 Å². The Kier molecular flexibility index (Phi) is 3.12. The lowest BCUT2D eigenvalue weighted by molar-refractivity contribution is 0.173. The zero-order chi connectivity index (χ0) is 14.8. The van der Waals surface area contributed by atoms with Crippen LogP contribution in [0.4, 0.5) is 0 Å². The van der Waals surface area contributed by atoms with Crippen molar-refractivity contribution in [1.29, 1.82) is 0 Å². The topological polar surface area (TPSA) is 61.6 Å². The Morgan fingerprint density at radius 1 is 0.636 bits per heavy atom. The Morgan fingerprint density at radius 3 is 1.59 bits per heavy atom. The molecule has 0 aliphatic carbocycles. The molecule has 110 valence electrons. The van der Waals surface area contributed by atoms with Gasteiger partial charge in [0.15, 0.2) is 23.0 Å². The van der Waals surface area contributed by atoms with Crippen molar-refractivity contribution >= 4 is 12.4 Å². The fraction of sp³-hybridized carbons (Fsp3) is 0.125. The Hall–Kier alpha value is -3.02. The lowest BCUT2D eigenvalue weighted by Gasteiger charge is -1.97. The number of hydrogen-bond acceptors (Lipinski definition) is 6. The quantitative estimate of drug-likeness (QED) is 0.645. The Balaban J connectivity index is 1.45. The van der Waals surface area contributed by atoms with E-state index in [9.17, 15) is 0 Å². The van der Waals surface area contributed by atoms with Crippen molar-refractivity contribution in [3.8, 4) is 23.0 Å². The fourth-order valence-electron chi connectivity index (χ4n) is 2.19. The third-order valence-corrected chi connectivity index (χ3v) is 3.27. The van der Waals surface area contributed by atoms with Crippen molar-refractivity contribution in [2.24, 2.45) is 10.2 Å². The van der Waals surface area contributed by atoms with Crippen LogP contribution < -0.4 is 18.9 Å². The van der Waals surface area contributed by atoms with Gasteiger partial charge in [0.25, 0.3) is 0 Å². The van der Waals surface area contributed by atoms with Crippen molar-refractivity contribution in [1.82, 2.24) is 0 Å². The molecule has 2 heterocycles. The van der Waals surface area contributed by atoms with E-state index in [4.69, 9.17) is 18.9 Å². The van der Waals surface area contributed by atoms with Crippen molar-refractivity contribution in [2.75, 3.05) is 13.6 Å². The molecule has 6 heteroatoms. The zero-order valence-corrected chi connectivity index (χ0v) is 11.6. The number of nitrogens with zero attached hydrogens (tertiary/aromatic N) is 2. The van der Waals surface area contributed by atoms with Gasteiger partial charge in [-0.1, -0.05) is 0 Å². The van der Waals surface area contributed by atoms with E-state index in [1.807, 2.05) is 36.4 Å². The molecule has 0 atom stereocenters. The van der Waals surface area contributed by atoms with Crippen LogP contribution in [0.2, 0.25) is 0 Å². The molecule has 2 aromatic rings. The SMILES string of the molecule is C(=N\N=C\c1ccc2c(c1)OCO2)/c1ccc2c(c1)OCO2. The van der Waals surface area contributed by atoms with Crippen molar-refractivity contribution in [3.63, 3.8) is 0 Å². The lowest BCUT2D eigenvalue weighted by Crippen LogP contribution is -1.92. The van der Waals surface area contributed by atoms with E-state index in [0.29, 0.717) is 0 Å². The third-order valence-electron chi connectivity index (χ3n) is 3.27. The van der Waals surface area contributed by atoms with Gasteiger partial charge in [0.1, 0.15) is 0 Å². The summed E-state index contributed by atoms with van der Waals surface area (Å²) in [7, 11) is 0. The summed E-state index contributed by atoms with van der Waals surface area (Å²) in [5, 5.41) is 8.06. The molecule has 0 amide bonds. The molecule has 6 nitrogen and oxygen atoms in total. The van der Waals surface area contributed by atoms with E-state index >= 15 is 0 Å². The average Bonchev–Trinajstić information content (AvgIpc) is 3.19. The molecule has 4 rings (SSSR count). The molecule has 0 aromatic heterocycles. The molecule has 0 unspecified atom stereocenters. The molecule has 0 saturated heterocycles. The van der Waals surface area contributed by atoms with Gasteiger partial charge in [0.2, 0.25) is 13.6 Å². The largest absolute Gasteiger partial charge is 0.454 e. The van der Waals surface area contributed by atoms with E-state index in [0.717, 1.165) is 34.1 Å². The average molecular weight is 296 g/mol. The maximum Gasteiger partial charge on any atom is 0.231 e. The maximum absolute atomic E-state index is 5.31. The van der Waals surface area contributed by atoms with Crippen LogP contribution in [0.1, 0.15) is 11.1 Å². The van der Waals surface area contributed by atoms with Crippen LogP contribution in [0, 0.1) is 0 Å². The molecule has 2 aliphatic rings. The van der Waals surface area contributed by atoms with Gasteiger partial charge in [-0.3, -0.25) is 0 Å². The van der Waals surface area contributed by atoms with Crippen LogP contribution >= 0.6 is 0 Å². The highest BCUT2D eigenvalue weighted by atomic mass is 16.7. The summed E-state index contributed by atoms with van der Waals surface area (Å²) >= 11 is 0. The van der Waals surface area contributed by atoms with Crippen LogP contribution in [0.3, 0.4) is 0 Å². The third kappa shape index (κ3) is 2.46. The summed E-state index contributed by atoms with van der Waals surface area (Å²) in [5.74, 6) is 2.95. The van der Waals surface area contributed by atoms with Crippen LogP contribution in [0.5, 0.6) is 23.0 Å². The molecule has 0 fully saturated rings. The molecule has 0 bridgehead atoms. The first-order valence-electron chi connectivity index (χ1n) is 6.74. The smallest absolute Gasteiger partial charge is 0.231 e. The van der Waals surface area contributed by atoms with E-state index in [2.05, 4.69) is 10.2 Å². The Bertz CT molecular complexity index is 705. The summed E-state index contributed by atoms with van der Waals surface area (Å²) in [6.45, 7) is 0.524. The Labute approximate surface area is 126 Å². The lowest BCUT2D eigenvalue weighted by atomic mass is 10.2. The second-order valence-electron chi connectivity index (χ2n) is 4.71. The highest BCUT2D eigenvalue weighted by molar-refractivity contribution is 5.84. The number of ether oxygens (including phenoxy) is 4. The summed E-state index contributed by atoms with van der Waals surface area (Å²) in [6, 6.07) is 11.2. The van der Waals surface area contributed by atoms with E-state index in [-0.39, 0.29) is 13.6 Å². The minimum absolute atomic E-state index is 0.262. The molecular formula is C16H12N2O4. The monoisotopic (exact) mass is 296 g/mol. The molecule has 0 radical (unpaired) electrons. The van der Waals surface area contributed by atoms with Crippen LogP contribution in [-0.2, 0) is 0 Å². The van der Waals surface area contributed by atoms with Gasteiger partial charge in [-0.2, -0.15) is 10.2 Å². The second kappa shape index (κ2) is 5.40. The van der Waals surface area contributed by atoms with Crippen molar-refractivity contribution < 1.29 is 18.9 Å². The van der Waals surface area contributed by atoms with Gasteiger partial charge >= 0.3 is 0 Å². The summed E-state index contributed by atoms with van der Waals surface area (Å²) in [6.07, 6.45) is 3.32. The number of hydrogen-bond donors (Lipinski definition) is 0. The standard InChI is InChI=1S/C16H12N2O4/c1-3-13-15(21-9-19-13)5-11(1)7-17-18-8-12-2-4-14-16(6-12)22-10-20-14/h1-8H,9-10H2/b17-7+,18-8+. The molecule has 2 aromatic carbocycles. The summed E-state index contributed by atoms with van der Waals surface area (Å²) < 4.78 is 21.1. The van der Waals surface area contributed by atoms with Gasteiger partial charge < -0.3 is 18.9 Å². The minimum Gasteiger partial charge on any atom is -0.454 e. The predicted octanol–water partition coefficient (Wildman–Crippen LogP) is 2.60. The van der Waals surface area contributed by atoms with E-state index in [1.165, 1.54) is 0 Å². The Morgan fingerprint density at radius 2 is 1.09 bits per heavy atom. The number of benzene rings is 2. The van der Waals surface area contributed by atoms with Crippen LogP contribution in [0.15, 0.2) is 46.6 Å². The highest BCUT2D eigenvalue weighted by Crippen LogP contribution is 2.32. The van der Waals surface area contributed by atoms with Crippen molar-refractivity contribution in [3.05, 3.63) is 47.5 Å². The van der Waals surface area contributed by atoms with E-state index < -0.39 is 0 Å². The van der Waals surface area contributed by atoms with Gasteiger partial charge in [0.05, 0.1) is 12.4 Å². The maximum atomic E-state index is 5.31. The molecule has 0 N–H and O–H groups in total. The predicted molar refractivity (Wildman–Crippen MR) is 80.3 cm³/mol. The summed E-state index contributed by atoms with van der Waals surface area (Å²) in [4.78, 5) is 0. The molecule has 0 saturated carbocycles. The fourth-order valence-corrected chi connectivity index (χ4v) is 2.19. The molecule has 22 heavy (non-hydrogen) atoms. The number of fused-ring (bicyclic) bond motifs is 2. The number of rotatable bonds is 3. The highest BCUT2D eigenvalue weighted by Gasteiger charge is 2.13. The minimum atomic E-state index is 0.262. The first-order valence-corrected chi connectivity index (χ1v) is 6.74. The normalized spacial score (nSPS) is 15.1. The second-order valence-corrected chi connectivity index (χ2v) is 4.71. The van der Waals surface area contributed by atoms with Gasteiger partial charge in [-0.05, 0) is 47.5 Å². The van der Waals surface area contributed by atoms with Gasteiger partial charge in [-0.15, -0.1) is 0 Å². The first-order chi connectivity index (χ1) is 10.9. The van der Waals surface area contributed by atoms with Crippen LogP contribution in [-0.4, -0.2) is 26.0 Å². The molecule has 2 aliphatic heterocycles. The zero-order valence-electron chi connectivity index (χ0n) is 11.6.